The summed E-state index contributed by atoms with van der Waals surface area (Å²) in [5.74, 6) is 0. The molecule has 2 N–H and O–H groups in total. The first-order chi connectivity index (χ1) is 23.9. The minimum Gasteiger partial charge on any atom is -0.396 e. The Morgan fingerprint density at radius 2 is 0.694 bits per heavy atom. The van der Waals surface area contributed by atoms with E-state index in [2.05, 4.69) is 38.2 Å². The molecule has 0 amide bonds. The zero-order valence-corrected chi connectivity index (χ0v) is 33.6. The van der Waals surface area contributed by atoms with E-state index in [1.807, 2.05) is 0 Å². The molecule has 0 spiro atoms. The van der Waals surface area contributed by atoms with Gasteiger partial charge in [-0.1, -0.05) is 192 Å². The minimum atomic E-state index is -4.58. The lowest BCUT2D eigenvalue weighted by molar-refractivity contribution is 0.0166. The Labute approximate surface area is 306 Å². The van der Waals surface area contributed by atoms with Crippen LogP contribution in [0.15, 0.2) is 24.3 Å². The molecular formula is C43H84O5S. The van der Waals surface area contributed by atoms with Crippen molar-refractivity contribution in [3.63, 3.8) is 0 Å². The van der Waals surface area contributed by atoms with Crippen molar-refractivity contribution in [3.8, 4) is 0 Å². The second kappa shape index (κ2) is 37.1. The Bertz CT molecular complexity index is 776. The zero-order valence-electron chi connectivity index (χ0n) is 32.8. The van der Waals surface area contributed by atoms with Crippen LogP contribution < -0.4 is 0 Å². The Hall–Kier alpha value is -0.690. The molecule has 0 aromatic rings. The SMILES string of the molecule is CCCCCCCCCC/C=C\CCCCCCCCC(CCO)(CCCCCCCC/C=C\CCCCCCCCCC)OS(=O)(=O)O. The van der Waals surface area contributed by atoms with Crippen molar-refractivity contribution in [2.45, 2.75) is 244 Å². The van der Waals surface area contributed by atoms with Gasteiger partial charge in [0, 0.05) is 13.0 Å². The maximum atomic E-state index is 11.7. The second-order valence-electron chi connectivity index (χ2n) is 15.0. The van der Waals surface area contributed by atoms with Gasteiger partial charge >= 0.3 is 10.4 Å². The lowest BCUT2D eigenvalue weighted by Crippen LogP contribution is -2.36. The van der Waals surface area contributed by atoms with E-state index in [1.165, 1.54) is 154 Å². The van der Waals surface area contributed by atoms with Crippen molar-refractivity contribution in [2.24, 2.45) is 0 Å². The van der Waals surface area contributed by atoms with Gasteiger partial charge in [-0.2, -0.15) is 8.42 Å². The first kappa shape index (κ1) is 48.3. The third-order valence-corrected chi connectivity index (χ3v) is 10.7. The monoisotopic (exact) mass is 713 g/mol. The number of aliphatic hydroxyl groups is 1. The van der Waals surface area contributed by atoms with Crippen LogP contribution >= 0.6 is 0 Å². The van der Waals surface area contributed by atoms with E-state index >= 15 is 0 Å². The van der Waals surface area contributed by atoms with Crippen LogP contribution in [0, 0.1) is 0 Å². The van der Waals surface area contributed by atoms with Gasteiger partial charge in [-0.3, -0.25) is 4.55 Å². The fraction of sp³-hybridized carbons (Fsp3) is 0.907. The number of hydrogen-bond acceptors (Lipinski definition) is 4. The van der Waals surface area contributed by atoms with E-state index in [-0.39, 0.29) is 13.0 Å². The summed E-state index contributed by atoms with van der Waals surface area (Å²) in [6.07, 6.45) is 50.8. The maximum absolute atomic E-state index is 11.7. The highest BCUT2D eigenvalue weighted by Crippen LogP contribution is 2.32. The molecule has 49 heavy (non-hydrogen) atoms. The van der Waals surface area contributed by atoms with E-state index in [0.29, 0.717) is 12.8 Å². The highest BCUT2D eigenvalue weighted by Gasteiger charge is 2.34. The topological polar surface area (TPSA) is 83.8 Å². The number of rotatable bonds is 40. The summed E-state index contributed by atoms with van der Waals surface area (Å²) < 4.78 is 38.3. The van der Waals surface area contributed by atoms with E-state index in [1.54, 1.807) is 0 Å². The molecule has 0 heterocycles. The number of aliphatic hydroxyl groups excluding tert-OH is 1. The largest absolute Gasteiger partial charge is 0.397 e. The number of hydrogen-bond donors (Lipinski definition) is 2. The molecule has 0 aliphatic rings. The molecule has 5 nitrogen and oxygen atoms in total. The molecule has 0 saturated carbocycles. The van der Waals surface area contributed by atoms with Gasteiger partial charge < -0.3 is 5.11 Å². The summed E-state index contributed by atoms with van der Waals surface area (Å²) in [4.78, 5) is 0. The first-order valence-electron chi connectivity index (χ1n) is 21.5. The predicted octanol–water partition coefficient (Wildman–Crippen LogP) is 14.3. The minimum absolute atomic E-state index is 0.144. The summed E-state index contributed by atoms with van der Waals surface area (Å²) in [6, 6.07) is 0. The summed E-state index contributed by atoms with van der Waals surface area (Å²) in [5.41, 5.74) is -0.998. The van der Waals surface area contributed by atoms with Crippen molar-refractivity contribution < 1.29 is 22.3 Å². The van der Waals surface area contributed by atoms with Gasteiger partial charge in [-0.15, -0.1) is 0 Å². The standard InChI is InChI=1S/C43H84O5S/c1-3-5-7-9-11-13-15-17-19-21-23-25-27-29-31-33-35-37-39-43(41-42-44,48-49(45,46)47)40-38-36-34-32-30-28-26-24-22-20-18-16-14-12-10-8-6-4-2/h21-24,44H,3-20,25-42H2,1-2H3,(H,45,46,47)/b23-21-,24-22-. The fourth-order valence-electron chi connectivity index (χ4n) is 7.02. The third-order valence-electron chi connectivity index (χ3n) is 10.1. The molecule has 0 aromatic heterocycles. The van der Waals surface area contributed by atoms with Gasteiger partial charge in [0.1, 0.15) is 0 Å². The molecule has 0 rings (SSSR count). The molecule has 0 saturated heterocycles. The first-order valence-corrected chi connectivity index (χ1v) is 22.8. The zero-order chi connectivity index (χ0) is 36.0. The second-order valence-corrected chi connectivity index (χ2v) is 16.0. The molecule has 0 aliphatic heterocycles. The quantitative estimate of drug-likeness (QED) is 0.0375. The Morgan fingerprint density at radius 1 is 0.429 bits per heavy atom. The lowest BCUT2D eigenvalue weighted by Gasteiger charge is -2.31. The van der Waals surface area contributed by atoms with Gasteiger partial charge in [0.2, 0.25) is 0 Å². The van der Waals surface area contributed by atoms with Crippen molar-refractivity contribution in [3.05, 3.63) is 24.3 Å². The molecule has 0 unspecified atom stereocenters. The van der Waals surface area contributed by atoms with Crippen molar-refractivity contribution >= 4 is 10.4 Å². The van der Waals surface area contributed by atoms with Crippen LogP contribution in [0.3, 0.4) is 0 Å². The van der Waals surface area contributed by atoms with Crippen LogP contribution in [-0.4, -0.2) is 30.3 Å². The number of unbranched alkanes of at least 4 members (excludes halogenated alkanes) is 28. The van der Waals surface area contributed by atoms with Crippen LogP contribution in [0.4, 0.5) is 0 Å². The van der Waals surface area contributed by atoms with Gasteiger partial charge in [0.15, 0.2) is 0 Å². The molecule has 292 valence electrons. The summed E-state index contributed by atoms with van der Waals surface area (Å²) in [5, 5.41) is 9.73. The molecule has 6 heteroatoms. The lowest BCUT2D eigenvalue weighted by atomic mass is 9.87. The molecular weight excluding hydrogens is 629 g/mol. The van der Waals surface area contributed by atoms with Crippen molar-refractivity contribution in [2.75, 3.05) is 6.61 Å². The highest BCUT2D eigenvalue weighted by atomic mass is 32.3. The van der Waals surface area contributed by atoms with E-state index in [4.69, 9.17) is 4.18 Å². The molecule has 0 aromatic carbocycles. The molecule has 0 fully saturated rings. The summed E-state index contributed by atoms with van der Waals surface area (Å²) in [7, 11) is -4.58. The maximum Gasteiger partial charge on any atom is 0.397 e. The molecule has 0 atom stereocenters. The molecule has 0 radical (unpaired) electrons. The average Bonchev–Trinajstić information content (AvgIpc) is 3.06. The smallest absolute Gasteiger partial charge is 0.396 e. The molecule has 0 aliphatic carbocycles. The van der Waals surface area contributed by atoms with Crippen LogP contribution in [0.25, 0.3) is 0 Å². The Kier molecular flexibility index (Phi) is 36.6. The van der Waals surface area contributed by atoms with Crippen LogP contribution in [0.2, 0.25) is 0 Å². The summed E-state index contributed by atoms with van der Waals surface area (Å²) in [6.45, 7) is 4.40. The average molecular weight is 713 g/mol. The van der Waals surface area contributed by atoms with Crippen LogP contribution in [0.5, 0.6) is 0 Å². The van der Waals surface area contributed by atoms with Gasteiger partial charge in [0.25, 0.3) is 0 Å². The van der Waals surface area contributed by atoms with Gasteiger partial charge in [-0.05, 0) is 64.2 Å². The fourth-order valence-corrected chi connectivity index (χ4v) is 7.72. The summed E-state index contributed by atoms with van der Waals surface area (Å²) >= 11 is 0. The van der Waals surface area contributed by atoms with E-state index in [9.17, 15) is 18.1 Å². The highest BCUT2D eigenvalue weighted by molar-refractivity contribution is 7.80. The van der Waals surface area contributed by atoms with Crippen LogP contribution in [0.1, 0.15) is 239 Å². The number of allylic oxidation sites excluding steroid dienone is 4. The van der Waals surface area contributed by atoms with Crippen molar-refractivity contribution in [1.29, 1.82) is 0 Å². The van der Waals surface area contributed by atoms with Crippen LogP contribution in [-0.2, 0) is 14.6 Å². The Balaban J connectivity index is 4.00. The molecule has 0 bridgehead atoms. The van der Waals surface area contributed by atoms with Crippen molar-refractivity contribution in [1.82, 2.24) is 0 Å². The predicted molar refractivity (Wildman–Crippen MR) is 214 cm³/mol. The normalized spacial score (nSPS) is 12.7. The van der Waals surface area contributed by atoms with E-state index in [0.717, 1.165) is 51.4 Å². The Morgan fingerprint density at radius 3 is 0.959 bits per heavy atom. The van der Waals surface area contributed by atoms with Gasteiger partial charge in [0.05, 0.1) is 5.60 Å². The van der Waals surface area contributed by atoms with E-state index < -0.39 is 16.0 Å². The van der Waals surface area contributed by atoms with Gasteiger partial charge in [-0.25, -0.2) is 4.18 Å². The third kappa shape index (κ3) is 36.9.